The number of allylic oxidation sites excluding steroid dienone is 1. The predicted molar refractivity (Wildman–Crippen MR) is 74.4 cm³/mol. The van der Waals surface area contributed by atoms with E-state index < -0.39 is 0 Å². The Hall–Kier alpha value is -2.35. The molecule has 0 spiro atoms. The van der Waals surface area contributed by atoms with Crippen LogP contribution in [0.3, 0.4) is 0 Å². The average Bonchev–Trinajstić information content (AvgIpc) is 2.84. The summed E-state index contributed by atoms with van der Waals surface area (Å²) in [5.74, 6) is 0. The van der Waals surface area contributed by atoms with Gasteiger partial charge in [-0.1, -0.05) is 42.5 Å². The molecule has 2 aromatic heterocycles. The third-order valence-corrected chi connectivity index (χ3v) is 2.93. The van der Waals surface area contributed by atoms with Crippen molar-refractivity contribution in [1.29, 1.82) is 0 Å². The van der Waals surface area contributed by atoms with E-state index in [0.29, 0.717) is 0 Å². The van der Waals surface area contributed by atoms with Crippen molar-refractivity contribution in [3.8, 4) is 0 Å². The van der Waals surface area contributed by atoms with Gasteiger partial charge in [0.05, 0.1) is 11.9 Å². The normalized spacial score (nSPS) is 11.3. The molecule has 0 saturated heterocycles. The second-order valence-corrected chi connectivity index (χ2v) is 4.20. The van der Waals surface area contributed by atoms with Crippen LogP contribution < -0.4 is 0 Å². The van der Waals surface area contributed by atoms with Crippen LogP contribution in [0.5, 0.6) is 0 Å². The molecule has 0 atom stereocenters. The maximum absolute atomic E-state index is 4.36. The van der Waals surface area contributed by atoms with Crippen LogP contribution in [0.2, 0.25) is 0 Å². The quantitative estimate of drug-likeness (QED) is 0.677. The summed E-state index contributed by atoms with van der Waals surface area (Å²) in [5, 5.41) is 0. The summed E-state index contributed by atoms with van der Waals surface area (Å²) in [6.07, 6.45) is 9.17. The molecule has 3 aromatic rings. The maximum atomic E-state index is 4.36. The molecular formula is C16H14N2. The van der Waals surface area contributed by atoms with Crippen LogP contribution in [0.15, 0.2) is 67.0 Å². The van der Waals surface area contributed by atoms with Crippen LogP contribution in [0.1, 0.15) is 11.3 Å². The van der Waals surface area contributed by atoms with Crippen molar-refractivity contribution in [3.63, 3.8) is 0 Å². The Morgan fingerprint density at radius 3 is 2.72 bits per heavy atom. The number of hydrogen-bond donors (Lipinski definition) is 0. The zero-order chi connectivity index (χ0) is 12.2. The zero-order valence-corrected chi connectivity index (χ0v) is 10.0. The number of nitrogens with zero attached hydrogens (tertiary/aromatic N) is 2. The summed E-state index contributed by atoms with van der Waals surface area (Å²) in [7, 11) is 0. The molecule has 0 aliphatic carbocycles. The van der Waals surface area contributed by atoms with Gasteiger partial charge >= 0.3 is 0 Å². The van der Waals surface area contributed by atoms with Gasteiger partial charge in [-0.2, -0.15) is 0 Å². The Kier molecular flexibility index (Phi) is 2.92. The van der Waals surface area contributed by atoms with E-state index in [1.54, 1.807) is 0 Å². The first-order valence-electron chi connectivity index (χ1n) is 6.06. The molecule has 88 valence electrons. The van der Waals surface area contributed by atoms with E-state index in [9.17, 15) is 0 Å². The van der Waals surface area contributed by atoms with E-state index in [0.717, 1.165) is 17.8 Å². The molecule has 2 heterocycles. The molecule has 0 unspecified atom stereocenters. The minimum absolute atomic E-state index is 0.945. The van der Waals surface area contributed by atoms with Gasteiger partial charge in [0.25, 0.3) is 0 Å². The molecule has 0 bridgehead atoms. The fourth-order valence-electron chi connectivity index (χ4n) is 2.01. The van der Waals surface area contributed by atoms with Crippen LogP contribution in [0.4, 0.5) is 0 Å². The molecule has 0 amide bonds. The van der Waals surface area contributed by atoms with Gasteiger partial charge in [-0.25, -0.2) is 4.98 Å². The van der Waals surface area contributed by atoms with Gasteiger partial charge in [-0.3, -0.25) is 0 Å². The molecule has 0 fully saturated rings. The van der Waals surface area contributed by atoms with Crippen LogP contribution in [-0.2, 0) is 6.42 Å². The fraction of sp³-hybridized carbons (Fsp3) is 0.0625. The molecule has 18 heavy (non-hydrogen) atoms. The molecular weight excluding hydrogens is 220 g/mol. The van der Waals surface area contributed by atoms with Crippen LogP contribution >= 0.6 is 0 Å². The molecule has 2 heteroatoms. The summed E-state index contributed by atoms with van der Waals surface area (Å²) in [5.41, 5.74) is 3.42. The molecule has 0 saturated carbocycles. The summed E-state index contributed by atoms with van der Waals surface area (Å²) >= 11 is 0. The Morgan fingerprint density at radius 2 is 1.83 bits per heavy atom. The minimum atomic E-state index is 0.945. The number of imidazole rings is 1. The molecule has 3 rings (SSSR count). The Balaban J connectivity index is 1.80. The lowest BCUT2D eigenvalue weighted by Crippen LogP contribution is -1.85. The lowest BCUT2D eigenvalue weighted by molar-refractivity contribution is 1.16. The standard InChI is InChI=1S/C16H14N2/c1-2-7-14(8-3-1)9-6-10-15-13-17-16-11-4-5-12-18(15)16/h1-8,10-13H,9H2/b10-6+. The highest BCUT2D eigenvalue weighted by molar-refractivity contribution is 5.52. The topological polar surface area (TPSA) is 17.3 Å². The third kappa shape index (κ3) is 2.18. The first kappa shape index (κ1) is 10.8. The number of pyridine rings is 1. The Labute approximate surface area is 106 Å². The van der Waals surface area contributed by atoms with Crippen molar-refractivity contribution in [2.45, 2.75) is 6.42 Å². The monoisotopic (exact) mass is 234 g/mol. The van der Waals surface area contributed by atoms with Crippen molar-refractivity contribution in [2.75, 3.05) is 0 Å². The van der Waals surface area contributed by atoms with E-state index in [2.05, 4.69) is 45.8 Å². The minimum Gasteiger partial charge on any atom is -0.300 e. The van der Waals surface area contributed by atoms with Gasteiger partial charge in [-0.15, -0.1) is 0 Å². The van der Waals surface area contributed by atoms with Crippen molar-refractivity contribution in [1.82, 2.24) is 9.38 Å². The summed E-state index contributed by atoms with van der Waals surface area (Å²) in [4.78, 5) is 4.36. The molecule has 0 aliphatic rings. The number of fused-ring (bicyclic) bond motifs is 1. The van der Waals surface area contributed by atoms with E-state index in [4.69, 9.17) is 0 Å². The molecule has 0 radical (unpaired) electrons. The number of hydrogen-bond acceptors (Lipinski definition) is 1. The second kappa shape index (κ2) is 4.88. The van der Waals surface area contributed by atoms with Crippen molar-refractivity contribution >= 4 is 11.7 Å². The van der Waals surface area contributed by atoms with E-state index >= 15 is 0 Å². The zero-order valence-electron chi connectivity index (χ0n) is 10.0. The lowest BCUT2D eigenvalue weighted by atomic mass is 10.1. The summed E-state index contributed by atoms with van der Waals surface area (Å²) in [6, 6.07) is 16.5. The van der Waals surface area contributed by atoms with E-state index in [1.165, 1.54) is 5.56 Å². The highest BCUT2D eigenvalue weighted by Gasteiger charge is 1.97. The molecule has 0 aliphatic heterocycles. The predicted octanol–water partition coefficient (Wildman–Crippen LogP) is 3.59. The van der Waals surface area contributed by atoms with Crippen molar-refractivity contribution < 1.29 is 0 Å². The van der Waals surface area contributed by atoms with Crippen molar-refractivity contribution in [3.05, 3.63) is 78.3 Å². The van der Waals surface area contributed by atoms with Gasteiger partial charge in [0.1, 0.15) is 5.65 Å². The van der Waals surface area contributed by atoms with E-state index in [1.807, 2.05) is 36.7 Å². The van der Waals surface area contributed by atoms with Gasteiger partial charge in [-0.05, 0) is 30.2 Å². The number of rotatable bonds is 3. The van der Waals surface area contributed by atoms with Crippen LogP contribution in [-0.4, -0.2) is 9.38 Å². The SMILES string of the molecule is C(=C\c1cnc2ccccn12)/Cc1ccccc1. The lowest BCUT2D eigenvalue weighted by Gasteiger charge is -1.96. The van der Waals surface area contributed by atoms with Gasteiger partial charge < -0.3 is 4.40 Å². The highest BCUT2D eigenvalue weighted by Crippen LogP contribution is 2.08. The molecule has 1 aromatic carbocycles. The van der Waals surface area contributed by atoms with Crippen LogP contribution in [0.25, 0.3) is 11.7 Å². The van der Waals surface area contributed by atoms with Crippen molar-refractivity contribution in [2.24, 2.45) is 0 Å². The summed E-state index contributed by atoms with van der Waals surface area (Å²) in [6.45, 7) is 0. The highest BCUT2D eigenvalue weighted by atomic mass is 15.0. The number of aromatic nitrogens is 2. The van der Waals surface area contributed by atoms with Gasteiger partial charge in [0.15, 0.2) is 0 Å². The van der Waals surface area contributed by atoms with Gasteiger partial charge in [0, 0.05) is 6.20 Å². The molecule has 2 nitrogen and oxygen atoms in total. The summed E-state index contributed by atoms with van der Waals surface area (Å²) < 4.78 is 2.08. The largest absolute Gasteiger partial charge is 0.300 e. The Bertz CT molecular complexity index is 666. The maximum Gasteiger partial charge on any atom is 0.137 e. The third-order valence-electron chi connectivity index (χ3n) is 2.93. The first-order valence-corrected chi connectivity index (χ1v) is 6.06. The second-order valence-electron chi connectivity index (χ2n) is 4.20. The number of benzene rings is 1. The Morgan fingerprint density at radius 1 is 1.00 bits per heavy atom. The molecule has 0 N–H and O–H groups in total. The smallest absolute Gasteiger partial charge is 0.137 e. The van der Waals surface area contributed by atoms with Crippen LogP contribution in [0, 0.1) is 0 Å². The first-order chi connectivity index (χ1) is 8.93. The average molecular weight is 234 g/mol. The fourth-order valence-corrected chi connectivity index (χ4v) is 2.01. The van der Waals surface area contributed by atoms with Gasteiger partial charge in [0.2, 0.25) is 0 Å². The van der Waals surface area contributed by atoms with E-state index in [-0.39, 0.29) is 0 Å².